The van der Waals surface area contributed by atoms with E-state index in [0.29, 0.717) is 0 Å². The van der Waals surface area contributed by atoms with Gasteiger partial charge in [0.15, 0.2) is 0 Å². The van der Waals surface area contributed by atoms with Crippen molar-refractivity contribution in [3.05, 3.63) is 36.4 Å². The largest absolute Gasteiger partial charge is 0.385 e. The SMILES string of the molecule is CCCNc1ccc2cc(NCCCCCCOC)ccc2c1. The lowest BCUT2D eigenvalue weighted by molar-refractivity contribution is 0.192. The molecule has 0 saturated heterocycles. The van der Waals surface area contributed by atoms with Gasteiger partial charge in [0.1, 0.15) is 0 Å². The van der Waals surface area contributed by atoms with Crippen molar-refractivity contribution in [3.63, 3.8) is 0 Å². The average molecular weight is 314 g/mol. The number of hydrogen-bond acceptors (Lipinski definition) is 3. The van der Waals surface area contributed by atoms with Gasteiger partial charge in [-0.15, -0.1) is 0 Å². The lowest BCUT2D eigenvalue weighted by Gasteiger charge is -2.09. The molecule has 0 aliphatic carbocycles. The first-order valence-corrected chi connectivity index (χ1v) is 8.84. The molecule has 0 aromatic heterocycles. The van der Waals surface area contributed by atoms with Crippen LogP contribution in [-0.2, 0) is 4.74 Å². The van der Waals surface area contributed by atoms with E-state index in [2.05, 4.69) is 54.0 Å². The van der Waals surface area contributed by atoms with Crippen LogP contribution < -0.4 is 10.6 Å². The zero-order valence-corrected chi connectivity index (χ0v) is 14.5. The fourth-order valence-electron chi connectivity index (χ4n) is 2.69. The molecule has 0 atom stereocenters. The Morgan fingerprint density at radius 1 is 0.783 bits per heavy atom. The molecule has 0 fully saturated rings. The highest BCUT2D eigenvalue weighted by Crippen LogP contribution is 2.23. The van der Waals surface area contributed by atoms with Crippen molar-refractivity contribution in [1.29, 1.82) is 0 Å². The third kappa shape index (κ3) is 6.11. The molecular formula is C20H30N2O. The molecule has 0 unspecified atom stereocenters. The highest BCUT2D eigenvalue weighted by atomic mass is 16.5. The van der Waals surface area contributed by atoms with Crippen LogP contribution in [0.15, 0.2) is 36.4 Å². The van der Waals surface area contributed by atoms with Gasteiger partial charge in [-0.2, -0.15) is 0 Å². The highest BCUT2D eigenvalue weighted by Gasteiger charge is 1.99. The molecule has 0 aliphatic heterocycles. The normalized spacial score (nSPS) is 10.9. The fraction of sp³-hybridized carbons (Fsp3) is 0.500. The average Bonchev–Trinajstić information content (AvgIpc) is 2.59. The minimum absolute atomic E-state index is 0.882. The van der Waals surface area contributed by atoms with E-state index in [1.54, 1.807) is 7.11 Å². The number of rotatable bonds is 11. The van der Waals surface area contributed by atoms with Gasteiger partial charge in [-0.05, 0) is 54.3 Å². The van der Waals surface area contributed by atoms with Crippen molar-refractivity contribution in [2.75, 3.05) is 37.4 Å². The Hall–Kier alpha value is -1.74. The van der Waals surface area contributed by atoms with Crippen LogP contribution in [-0.4, -0.2) is 26.8 Å². The molecule has 0 spiro atoms. The summed E-state index contributed by atoms with van der Waals surface area (Å²) in [6.45, 7) is 5.13. The van der Waals surface area contributed by atoms with Gasteiger partial charge < -0.3 is 15.4 Å². The second-order valence-electron chi connectivity index (χ2n) is 6.04. The molecule has 0 amide bonds. The zero-order chi connectivity index (χ0) is 16.3. The van der Waals surface area contributed by atoms with E-state index in [9.17, 15) is 0 Å². The Balaban J connectivity index is 1.81. The van der Waals surface area contributed by atoms with Crippen molar-refractivity contribution in [3.8, 4) is 0 Å². The van der Waals surface area contributed by atoms with Crippen LogP contribution in [0.4, 0.5) is 11.4 Å². The molecule has 0 saturated carbocycles. The third-order valence-electron chi connectivity index (χ3n) is 4.02. The zero-order valence-electron chi connectivity index (χ0n) is 14.5. The van der Waals surface area contributed by atoms with E-state index in [1.807, 2.05) is 0 Å². The Morgan fingerprint density at radius 2 is 1.39 bits per heavy atom. The number of nitrogens with one attached hydrogen (secondary N) is 2. The van der Waals surface area contributed by atoms with Crippen molar-refractivity contribution in [1.82, 2.24) is 0 Å². The first kappa shape index (κ1) is 17.6. The minimum Gasteiger partial charge on any atom is -0.385 e. The summed E-state index contributed by atoms with van der Waals surface area (Å²) in [4.78, 5) is 0. The van der Waals surface area contributed by atoms with E-state index in [-0.39, 0.29) is 0 Å². The molecule has 0 bridgehead atoms. The van der Waals surface area contributed by atoms with E-state index >= 15 is 0 Å². The second kappa shape index (κ2) is 10.1. The Kier molecular flexibility index (Phi) is 7.74. The third-order valence-corrected chi connectivity index (χ3v) is 4.02. The monoisotopic (exact) mass is 314 g/mol. The number of benzene rings is 2. The molecule has 2 rings (SSSR count). The molecule has 126 valence electrons. The standard InChI is InChI=1S/C20H30N2O/c1-3-12-21-19-10-8-18-16-20(11-9-17(18)15-19)22-13-6-4-5-7-14-23-2/h8-11,15-16,21-22H,3-7,12-14H2,1-2H3. The van der Waals surface area contributed by atoms with Gasteiger partial charge in [0.2, 0.25) is 0 Å². The predicted molar refractivity (Wildman–Crippen MR) is 102 cm³/mol. The summed E-state index contributed by atoms with van der Waals surface area (Å²) in [7, 11) is 1.77. The number of ether oxygens (including phenoxy) is 1. The van der Waals surface area contributed by atoms with Gasteiger partial charge in [0.25, 0.3) is 0 Å². The molecule has 2 aromatic rings. The van der Waals surface area contributed by atoms with Crippen molar-refractivity contribution >= 4 is 22.1 Å². The maximum Gasteiger partial charge on any atom is 0.0462 e. The number of anilines is 2. The molecule has 3 nitrogen and oxygen atoms in total. The van der Waals surface area contributed by atoms with Crippen LogP contribution in [0.25, 0.3) is 10.8 Å². The number of hydrogen-bond donors (Lipinski definition) is 2. The molecule has 2 aromatic carbocycles. The first-order chi connectivity index (χ1) is 11.3. The molecular weight excluding hydrogens is 284 g/mol. The second-order valence-corrected chi connectivity index (χ2v) is 6.04. The van der Waals surface area contributed by atoms with Gasteiger partial charge in [0, 0.05) is 38.2 Å². The molecule has 2 N–H and O–H groups in total. The first-order valence-electron chi connectivity index (χ1n) is 8.84. The Bertz CT molecular complexity index is 583. The quantitative estimate of drug-likeness (QED) is 0.554. The predicted octanol–water partition coefficient (Wildman–Crippen LogP) is 5.28. The summed E-state index contributed by atoms with van der Waals surface area (Å²) < 4.78 is 5.07. The van der Waals surface area contributed by atoms with Crippen LogP contribution in [0.2, 0.25) is 0 Å². The van der Waals surface area contributed by atoms with E-state index in [4.69, 9.17) is 4.74 Å². The summed E-state index contributed by atoms with van der Waals surface area (Å²) in [5, 5.41) is 9.55. The van der Waals surface area contributed by atoms with Crippen LogP contribution in [0.3, 0.4) is 0 Å². The summed E-state index contributed by atoms with van der Waals surface area (Å²) in [5.41, 5.74) is 2.42. The lowest BCUT2D eigenvalue weighted by Crippen LogP contribution is -2.02. The molecule has 3 heteroatoms. The lowest BCUT2D eigenvalue weighted by atomic mass is 10.1. The van der Waals surface area contributed by atoms with Crippen molar-refractivity contribution in [2.24, 2.45) is 0 Å². The summed E-state index contributed by atoms with van der Waals surface area (Å²) in [5.74, 6) is 0. The van der Waals surface area contributed by atoms with E-state index < -0.39 is 0 Å². The van der Waals surface area contributed by atoms with Gasteiger partial charge in [-0.3, -0.25) is 0 Å². The minimum atomic E-state index is 0.882. The summed E-state index contributed by atoms with van der Waals surface area (Å²) >= 11 is 0. The Labute approximate surface area is 140 Å². The van der Waals surface area contributed by atoms with Gasteiger partial charge >= 0.3 is 0 Å². The smallest absolute Gasteiger partial charge is 0.0462 e. The van der Waals surface area contributed by atoms with Gasteiger partial charge in [-0.1, -0.05) is 31.9 Å². The van der Waals surface area contributed by atoms with Crippen molar-refractivity contribution in [2.45, 2.75) is 39.0 Å². The Morgan fingerprint density at radius 3 is 2.00 bits per heavy atom. The van der Waals surface area contributed by atoms with E-state index in [0.717, 1.165) is 26.1 Å². The van der Waals surface area contributed by atoms with Crippen LogP contribution >= 0.6 is 0 Å². The fourth-order valence-corrected chi connectivity index (χ4v) is 2.69. The maximum absolute atomic E-state index is 5.07. The highest BCUT2D eigenvalue weighted by molar-refractivity contribution is 5.88. The van der Waals surface area contributed by atoms with Gasteiger partial charge in [0.05, 0.1) is 0 Å². The summed E-state index contributed by atoms with van der Waals surface area (Å²) in [6, 6.07) is 13.2. The van der Waals surface area contributed by atoms with Crippen LogP contribution in [0.1, 0.15) is 39.0 Å². The van der Waals surface area contributed by atoms with Crippen LogP contribution in [0.5, 0.6) is 0 Å². The number of unbranched alkanes of at least 4 members (excludes halogenated alkanes) is 3. The van der Waals surface area contributed by atoms with Crippen molar-refractivity contribution < 1.29 is 4.74 Å². The molecule has 0 heterocycles. The summed E-state index contributed by atoms with van der Waals surface area (Å²) in [6.07, 6.45) is 6.03. The maximum atomic E-state index is 5.07. The van der Waals surface area contributed by atoms with Gasteiger partial charge in [-0.25, -0.2) is 0 Å². The number of fused-ring (bicyclic) bond motifs is 1. The molecule has 23 heavy (non-hydrogen) atoms. The van der Waals surface area contributed by atoms with E-state index in [1.165, 1.54) is 47.8 Å². The van der Waals surface area contributed by atoms with Crippen LogP contribution in [0, 0.1) is 0 Å². The topological polar surface area (TPSA) is 33.3 Å². The number of methoxy groups -OCH3 is 1. The molecule has 0 radical (unpaired) electrons. The molecule has 0 aliphatic rings.